The van der Waals surface area contributed by atoms with Gasteiger partial charge in [0.15, 0.2) is 14.6 Å². The molecule has 1 unspecified atom stereocenters. The molecule has 0 amide bonds. The van der Waals surface area contributed by atoms with Crippen molar-refractivity contribution in [2.75, 3.05) is 19.8 Å². The van der Waals surface area contributed by atoms with Crippen LogP contribution in [-0.4, -0.2) is 34.4 Å². The zero-order valence-electron chi connectivity index (χ0n) is 17.3. The molecule has 0 radical (unpaired) electrons. The Hall–Kier alpha value is 0.0969. The molecule has 1 saturated heterocycles. The Morgan fingerprint density at radius 3 is 2.21 bits per heavy atom. The largest absolute Gasteiger partial charge is 0.417 e. The van der Waals surface area contributed by atoms with Gasteiger partial charge >= 0.3 is 0 Å². The highest BCUT2D eigenvalue weighted by Crippen LogP contribution is 2.36. The van der Waals surface area contributed by atoms with Crippen LogP contribution in [0, 0.1) is 11.8 Å². The van der Waals surface area contributed by atoms with Crippen molar-refractivity contribution in [2.45, 2.75) is 97.6 Å². The first-order valence-electron chi connectivity index (χ1n) is 9.99. The maximum Gasteiger partial charge on any atom is 0.191 e. The van der Waals surface area contributed by atoms with E-state index in [2.05, 4.69) is 47.7 Å². The fraction of sp³-hybridized carbons (Fsp3) is 1.00. The molecule has 0 bridgehead atoms. The van der Waals surface area contributed by atoms with Crippen LogP contribution in [0.5, 0.6) is 0 Å². The van der Waals surface area contributed by atoms with Gasteiger partial charge in [-0.1, -0.05) is 41.0 Å². The molecule has 4 heteroatoms. The predicted molar refractivity (Wildman–Crippen MR) is 105 cm³/mol. The Morgan fingerprint density at radius 1 is 1.04 bits per heavy atom. The summed E-state index contributed by atoms with van der Waals surface area (Å²) < 4.78 is 17.9. The molecule has 0 aromatic carbocycles. The van der Waals surface area contributed by atoms with Gasteiger partial charge in [0, 0.05) is 13.2 Å². The maximum atomic E-state index is 6.34. The molecule has 0 aromatic heterocycles. The number of hydrogen-bond acceptors (Lipinski definition) is 3. The second-order valence-electron chi connectivity index (χ2n) is 9.34. The molecular formula is C20H42O3Si. The van der Waals surface area contributed by atoms with Crippen molar-refractivity contribution in [3.05, 3.63) is 0 Å². The maximum absolute atomic E-state index is 6.34. The number of hydrogen-bond donors (Lipinski definition) is 0. The van der Waals surface area contributed by atoms with Crippen molar-refractivity contribution in [3.63, 3.8) is 0 Å². The van der Waals surface area contributed by atoms with E-state index in [1.807, 2.05) is 0 Å². The summed E-state index contributed by atoms with van der Waals surface area (Å²) in [6.45, 7) is 18.8. The minimum Gasteiger partial charge on any atom is -0.417 e. The summed E-state index contributed by atoms with van der Waals surface area (Å²) in [5.41, 5.74) is 0. The van der Waals surface area contributed by atoms with Gasteiger partial charge in [0.25, 0.3) is 0 Å². The fourth-order valence-electron chi connectivity index (χ4n) is 2.66. The van der Waals surface area contributed by atoms with E-state index in [9.17, 15) is 0 Å². The normalized spacial score (nSPS) is 22.4. The molecule has 1 heterocycles. The second-order valence-corrected chi connectivity index (χ2v) is 14.2. The van der Waals surface area contributed by atoms with Crippen LogP contribution >= 0.6 is 0 Å². The summed E-state index contributed by atoms with van der Waals surface area (Å²) in [6.07, 6.45) is 7.29. The molecule has 0 aromatic rings. The minimum absolute atomic E-state index is 0.0538. The van der Waals surface area contributed by atoms with Crippen LogP contribution in [0.3, 0.4) is 0 Å². The van der Waals surface area contributed by atoms with E-state index in [1.165, 1.54) is 32.1 Å². The zero-order valence-corrected chi connectivity index (χ0v) is 18.3. The molecule has 3 atom stereocenters. The van der Waals surface area contributed by atoms with Crippen LogP contribution < -0.4 is 0 Å². The van der Waals surface area contributed by atoms with Crippen LogP contribution in [0.4, 0.5) is 0 Å². The number of ether oxygens (including phenoxy) is 2. The molecule has 0 N–H and O–H groups in total. The van der Waals surface area contributed by atoms with Crippen molar-refractivity contribution in [2.24, 2.45) is 11.8 Å². The minimum atomic E-state index is -1.59. The quantitative estimate of drug-likeness (QED) is 0.449. The fourth-order valence-corrected chi connectivity index (χ4v) is 3.80. The summed E-state index contributed by atoms with van der Waals surface area (Å²) >= 11 is 0. The molecule has 3 nitrogen and oxygen atoms in total. The lowest BCUT2D eigenvalue weighted by Gasteiger charge is -2.37. The molecule has 1 aliphatic rings. The van der Waals surface area contributed by atoms with Gasteiger partial charge in [-0.05, 0) is 62.1 Å². The van der Waals surface area contributed by atoms with E-state index >= 15 is 0 Å². The molecular weight excluding hydrogens is 316 g/mol. The summed E-state index contributed by atoms with van der Waals surface area (Å²) in [4.78, 5) is 0. The Balaban J connectivity index is 2.10. The van der Waals surface area contributed by atoms with Crippen LogP contribution in [-0.2, 0) is 13.9 Å². The van der Waals surface area contributed by atoms with E-state index in [4.69, 9.17) is 13.9 Å². The first-order valence-corrected chi connectivity index (χ1v) is 12.9. The van der Waals surface area contributed by atoms with Crippen molar-refractivity contribution in [1.29, 1.82) is 0 Å². The van der Waals surface area contributed by atoms with E-state index in [1.54, 1.807) is 0 Å². The Kier molecular flexibility index (Phi) is 9.50. The monoisotopic (exact) mass is 358 g/mol. The van der Waals surface area contributed by atoms with Crippen molar-refractivity contribution >= 4 is 8.32 Å². The van der Waals surface area contributed by atoms with Crippen molar-refractivity contribution < 1.29 is 13.9 Å². The average Bonchev–Trinajstić information content (AvgIpc) is 2.51. The van der Waals surface area contributed by atoms with Crippen LogP contribution in [0.25, 0.3) is 0 Å². The molecule has 1 aliphatic heterocycles. The highest BCUT2D eigenvalue weighted by atomic mass is 28.4. The topological polar surface area (TPSA) is 27.7 Å². The molecule has 1 rings (SSSR count). The van der Waals surface area contributed by atoms with Crippen LogP contribution in [0.15, 0.2) is 0 Å². The van der Waals surface area contributed by atoms with E-state index in [0.717, 1.165) is 26.2 Å². The molecule has 24 heavy (non-hydrogen) atoms. The van der Waals surface area contributed by atoms with Crippen LogP contribution in [0.1, 0.15) is 73.1 Å². The first kappa shape index (κ1) is 22.1. The Morgan fingerprint density at radius 2 is 1.67 bits per heavy atom. The second kappa shape index (κ2) is 10.3. The smallest absolute Gasteiger partial charge is 0.191 e. The summed E-state index contributed by atoms with van der Waals surface area (Å²) in [7, 11) is -1.59. The van der Waals surface area contributed by atoms with Crippen molar-refractivity contribution in [3.8, 4) is 0 Å². The lowest BCUT2D eigenvalue weighted by Crippen LogP contribution is -2.41. The average molecular weight is 359 g/mol. The Labute approximate surface area is 152 Å². The third-order valence-electron chi connectivity index (χ3n) is 5.63. The molecule has 0 aliphatic carbocycles. The predicted octanol–water partition coefficient (Wildman–Crippen LogP) is 5.99. The standard InChI is InChI=1S/C20H42O3Si/c1-17(15-22-19-13-8-9-14-21-19)11-10-12-18(2)16-23-24(6,7)20(3,4)5/h17-19H,8-16H2,1-7H3/t17-,18+,19?/m0/s1. The third-order valence-corrected chi connectivity index (χ3v) is 10.1. The molecule has 0 spiro atoms. The highest BCUT2D eigenvalue weighted by molar-refractivity contribution is 6.74. The highest BCUT2D eigenvalue weighted by Gasteiger charge is 2.37. The lowest BCUT2D eigenvalue weighted by molar-refractivity contribution is -0.168. The van der Waals surface area contributed by atoms with Gasteiger partial charge in [-0.2, -0.15) is 0 Å². The molecule has 0 saturated carbocycles. The summed E-state index contributed by atoms with van der Waals surface area (Å²) in [5, 5.41) is 0.305. The van der Waals surface area contributed by atoms with Gasteiger partial charge in [0.05, 0.1) is 6.61 Å². The van der Waals surface area contributed by atoms with Crippen molar-refractivity contribution in [1.82, 2.24) is 0 Å². The zero-order chi connectivity index (χ0) is 18.2. The van der Waals surface area contributed by atoms with Gasteiger partial charge in [-0.3, -0.25) is 0 Å². The van der Waals surface area contributed by atoms with Gasteiger partial charge in [-0.25, -0.2) is 0 Å². The lowest BCUT2D eigenvalue weighted by atomic mass is 10.00. The van der Waals surface area contributed by atoms with E-state index < -0.39 is 8.32 Å². The van der Waals surface area contributed by atoms with E-state index in [-0.39, 0.29) is 6.29 Å². The molecule has 144 valence electrons. The Bertz CT molecular complexity index is 332. The van der Waals surface area contributed by atoms with Crippen LogP contribution in [0.2, 0.25) is 18.1 Å². The molecule has 1 fully saturated rings. The van der Waals surface area contributed by atoms with Gasteiger partial charge in [-0.15, -0.1) is 0 Å². The SMILES string of the molecule is C[C@H](CCC[C@H](C)COC1CCCCO1)CO[Si](C)(C)C(C)(C)C. The first-order chi connectivity index (χ1) is 11.1. The van der Waals surface area contributed by atoms with E-state index in [0.29, 0.717) is 16.9 Å². The third kappa shape index (κ3) is 8.46. The van der Waals surface area contributed by atoms with Gasteiger partial charge < -0.3 is 13.9 Å². The van der Waals surface area contributed by atoms with Gasteiger partial charge in [0.2, 0.25) is 0 Å². The van der Waals surface area contributed by atoms with Gasteiger partial charge in [0.1, 0.15) is 0 Å². The number of rotatable bonds is 10. The summed E-state index contributed by atoms with van der Waals surface area (Å²) in [5.74, 6) is 1.26. The summed E-state index contributed by atoms with van der Waals surface area (Å²) in [6, 6.07) is 0.